The Morgan fingerprint density at radius 1 is 1.06 bits per heavy atom. The summed E-state index contributed by atoms with van der Waals surface area (Å²) < 4.78 is 5.60. The summed E-state index contributed by atoms with van der Waals surface area (Å²) in [5.74, 6) is -1.36. The number of ether oxygens (including phenoxy) is 1. The Bertz CT molecular complexity index is 991. The predicted octanol–water partition coefficient (Wildman–Crippen LogP) is 3.92. The zero-order chi connectivity index (χ0) is 23.4. The van der Waals surface area contributed by atoms with Gasteiger partial charge in [0.25, 0.3) is 0 Å². The number of hydrogen-bond acceptors (Lipinski definition) is 4. The van der Waals surface area contributed by atoms with Gasteiger partial charge in [0.1, 0.15) is 6.61 Å². The van der Waals surface area contributed by atoms with Crippen LogP contribution in [-0.4, -0.2) is 42.3 Å². The Hall–Kier alpha value is -3.35. The lowest BCUT2D eigenvalue weighted by Gasteiger charge is -2.19. The van der Waals surface area contributed by atoms with Crippen LogP contribution in [0.15, 0.2) is 48.5 Å². The first-order chi connectivity index (χ1) is 16.0. The minimum absolute atomic E-state index is 0.00571. The molecule has 3 atom stereocenters. The van der Waals surface area contributed by atoms with E-state index < -0.39 is 12.1 Å². The number of alkyl carbamates (subject to hydrolysis) is 1. The molecule has 2 aliphatic carbocycles. The van der Waals surface area contributed by atoms with Crippen LogP contribution in [-0.2, 0) is 14.3 Å². The lowest BCUT2D eigenvalue weighted by Crippen LogP contribution is -2.40. The molecule has 1 saturated carbocycles. The fourth-order valence-corrected chi connectivity index (χ4v) is 4.70. The maximum atomic E-state index is 12.6. The standard InChI is InChI=1S/C26H30N2O5/c1-2-7-17(13-24(29)27-14-16-12-22(16)25(30)31)28-26(32)33-15-23-20-10-5-3-8-18(20)19-9-4-6-11-21(19)23/h3-6,8-11,16-17,22-23H,2,7,12-15H2,1H3,(H,27,29)(H,28,32)(H,30,31)/t16-,17-,22-/m0/s1. The summed E-state index contributed by atoms with van der Waals surface area (Å²) in [4.78, 5) is 35.8. The third-order valence-electron chi connectivity index (χ3n) is 6.54. The summed E-state index contributed by atoms with van der Waals surface area (Å²) >= 11 is 0. The van der Waals surface area contributed by atoms with Crippen molar-refractivity contribution in [2.45, 2.75) is 44.6 Å². The number of carboxylic acid groups (broad SMARTS) is 1. The van der Waals surface area contributed by atoms with Gasteiger partial charge in [0, 0.05) is 24.9 Å². The second-order valence-corrected chi connectivity index (χ2v) is 8.90. The van der Waals surface area contributed by atoms with Crippen LogP contribution in [0.4, 0.5) is 4.79 Å². The number of benzene rings is 2. The molecule has 7 nitrogen and oxygen atoms in total. The van der Waals surface area contributed by atoms with E-state index in [1.165, 1.54) is 11.1 Å². The zero-order valence-corrected chi connectivity index (χ0v) is 18.8. The normalized spacial score (nSPS) is 19.2. The number of nitrogens with one attached hydrogen (secondary N) is 2. The van der Waals surface area contributed by atoms with Gasteiger partial charge in [-0.2, -0.15) is 0 Å². The van der Waals surface area contributed by atoms with Crippen LogP contribution in [0.3, 0.4) is 0 Å². The Morgan fingerprint density at radius 2 is 1.70 bits per heavy atom. The fourth-order valence-electron chi connectivity index (χ4n) is 4.70. The average Bonchev–Trinajstić information content (AvgIpc) is 3.52. The van der Waals surface area contributed by atoms with Gasteiger partial charge >= 0.3 is 12.1 Å². The van der Waals surface area contributed by atoms with Crippen LogP contribution in [0.1, 0.15) is 49.7 Å². The van der Waals surface area contributed by atoms with E-state index in [9.17, 15) is 14.4 Å². The fraction of sp³-hybridized carbons (Fsp3) is 0.423. The van der Waals surface area contributed by atoms with E-state index in [4.69, 9.17) is 9.84 Å². The lowest BCUT2D eigenvalue weighted by molar-refractivity contribution is -0.139. The largest absolute Gasteiger partial charge is 0.481 e. The highest BCUT2D eigenvalue weighted by atomic mass is 16.5. The molecule has 33 heavy (non-hydrogen) atoms. The van der Waals surface area contributed by atoms with Gasteiger partial charge < -0.3 is 20.5 Å². The molecule has 0 aliphatic heterocycles. The van der Waals surface area contributed by atoms with E-state index in [-0.39, 0.29) is 42.7 Å². The maximum absolute atomic E-state index is 12.6. The van der Waals surface area contributed by atoms with Crippen molar-refractivity contribution < 1.29 is 24.2 Å². The first-order valence-electron chi connectivity index (χ1n) is 11.6. The Labute approximate surface area is 193 Å². The lowest BCUT2D eigenvalue weighted by atomic mass is 9.98. The summed E-state index contributed by atoms with van der Waals surface area (Å²) in [5, 5.41) is 14.6. The SMILES string of the molecule is CCC[C@@H](CC(=O)NC[C@@H]1C[C@@H]1C(=O)O)NC(=O)OCC1c2ccccc2-c2ccccc21. The summed E-state index contributed by atoms with van der Waals surface area (Å²) in [6.45, 7) is 2.58. The molecule has 0 unspecified atom stereocenters. The van der Waals surface area contributed by atoms with E-state index in [2.05, 4.69) is 34.9 Å². The van der Waals surface area contributed by atoms with Gasteiger partial charge in [-0.05, 0) is 41.0 Å². The van der Waals surface area contributed by atoms with Gasteiger partial charge in [0.2, 0.25) is 5.91 Å². The topological polar surface area (TPSA) is 105 Å². The van der Waals surface area contributed by atoms with E-state index in [0.717, 1.165) is 17.5 Å². The molecular formula is C26H30N2O5. The highest BCUT2D eigenvalue weighted by molar-refractivity contribution is 5.80. The number of amides is 2. The number of rotatable bonds is 10. The molecule has 2 amide bonds. The van der Waals surface area contributed by atoms with Crippen molar-refractivity contribution in [1.29, 1.82) is 0 Å². The Kier molecular flexibility index (Phi) is 6.96. The number of hydrogen-bond donors (Lipinski definition) is 3. The molecule has 2 aromatic rings. The van der Waals surface area contributed by atoms with Gasteiger partial charge in [0.15, 0.2) is 0 Å². The summed E-state index contributed by atoms with van der Waals surface area (Å²) in [5.41, 5.74) is 4.64. The second-order valence-electron chi connectivity index (χ2n) is 8.90. The van der Waals surface area contributed by atoms with Crippen molar-refractivity contribution in [2.75, 3.05) is 13.2 Å². The molecule has 7 heteroatoms. The third kappa shape index (κ3) is 5.35. The molecule has 0 bridgehead atoms. The maximum Gasteiger partial charge on any atom is 0.407 e. The number of carbonyl (C=O) groups excluding carboxylic acids is 2. The molecule has 2 aliphatic rings. The minimum Gasteiger partial charge on any atom is -0.481 e. The molecular weight excluding hydrogens is 420 g/mol. The van der Waals surface area contributed by atoms with Crippen molar-refractivity contribution in [3.05, 3.63) is 59.7 Å². The van der Waals surface area contributed by atoms with Crippen molar-refractivity contribution in [2.24, 2.45) is 11.8 Å². The highest BCUT2D eigenvalue weighted by Crippen LogP contribution is 2.44. The Balaban J connectivity index is 1.29. The van der Waals surface area contributed by atoms with Gasteiger partial charge in [-0.15, -0.1) is 0 Å². The molecule has 1 fully saturated rings. The van der Waals surface area contributed by atoms with Crippen molar-refractivity contribution in [3.8, 4) is 11.1 Å². The zero-order valence-electron chi connectivity index (χ0n) is 18.8. The van der Waals surface area contributed by atoms with Crippen LogP contribution < -0.4 is 10.6 Å². The molecule has 0 spiro atoms. The third-order valence-corrected chi connectivity index (χ3v) is 6.54. The molecule has 0 saturated heterocycles. The number of aliphatic carboxylic acids is 1. The number of carbonyl (C=O) groups is 3. The minimum atomic E-state index is -0.810. The van der Waals surface area contributed by atoms with Crippen LogP contribution >= 0.6 is 0 Å². The van der Waals surface area contributed by atoms with Crippen LogP contribution in [0.25, 0.3) is 11.1 Å². The van der Waals surface area contributed by atoms with Gasteiger partial charge in [-0.25, -0.2) is 4.79 Å². The van der Waals surface area contributed by atoms with Gasteiger partial charge in [-0.3, -0.25) is 9.59 Å². The molecule has 174 valence electrons. The van der Waals surface area contributed by atoms with Crippen LogP contribution in [0, 0.1) is 11.8 Å². The van der Waals surface area contributed by atoms with Gasteiger partial charge in [0.05, 0.1) is 5.92 Å². The monoisotopic (exact) mass is 450 g/mol. The average molecular weight is 451 g/mol. The van der Waals surface area contributed by atoms with Crippen LogP contribution in [0.2, 0.25) is 0 Å². The summed E-state index contributed by atoms with van der Waals surface area (Å²) in [6.07, 6.45) is 1.68. The van der Waals surface area contributed by atoms with Crippen molar-refractivity contribution >= 4 is 18.0 Å². The molecule has 0 heterocycles. The van der Waals surface area contributed by atoms with E-state index >= 15 is 0 Å². The molecule has 4 rings (SSSR count). The quantitative estimate of drug-likeness (QED) is 0.509. The second kappa shape index (κ2) is 10.1. The first kappa shape index (κ1) is 22.8. The van der Waals surface area contributed by atoms with Crippen molar-refractivity contribution in [3.63, 3.8) is 0 Å². The van der Waals surface area contributed by atoms with Crippen molar-refractivity contribution in [1.82, 2.24) is 10.6 Å². The molecule has 0 radical (unpaired) electrons. The molecule has 3 N–H and O–H groups in total. The highest BCUT2D eigenvalue weighted by Gasteiger charge is 2.43. The number of carboxylic acids is 1. The summed E-state index contributed by atoms with van der Waals surface area (Å²) in [7, 11) is 0. The van der Waals surface area contributed by atoms with E-state index in [1.807, 2.05) is 31.2 Å². The van der Waals surface area contributed by atoms with Crippen LogP contribution in [0.5, 0.6) is 0 Å². The van der Waals surface area contributed by atoms with E-state index in [1.54, 1.807) is 0 Å². The molecule has 0 aromatic heterocycles. The predicted molar refractivity (Wildman–Crippen MR) is 124 cm³/mol. The molecule has 2 aromatic carbocycles. The van der Waals surface area contributed by atoms with E-state index in [0.29, 0.717) is 19.4 Å². The van der Waals surface area contributed by atoms with Gasteiger partial charge in [-0.1, -0.05) is 61.9 Å². The summed E-state index contributed by atoms with van der Waals surface area (Å²) in [6, 6.07) is 16.0. The Morgan fingerprint density at radius 3 is 2.27 bits per heavy atom. The number of fused-ring (bicyclic) bond motifs is 3. The first-order valence-corrected chi connectivity index (χ1v) is 11.6. The smallest absolute Gasteiger partial charge is 0.407 e.